The lowest BCUT2D eigenvalue weighted by atomic mass is 10.2. The maximum absolute atomic E-state index is 12.7. The summed E-state index contributed by atoms with van der Waals surface area (Å²) in [6.07, 6.45) is 2.01. The molecule has 0 radical (unpaired) electrons. The van der Waals surface area contributed by atoms with Crippen LogP contribution >= 0.6 is 11.3 Å². The molecule has 1 aromatic heterocycles. The Morgan fingerprint density at radius 2 is 1.73 bits per heavy atom. The summed E-state index contributed by atoms with van der Waals surface area (Å²) in [4.78, 5) is 42.9. The molecule has 2 saturated heterocycles. The van der Waals surface area contributed by atoms with Crippen molar-refractivity contribution in [1.29, 1.82) is 0 Å². The molecule has 7 heteroatoms. The van der Waals surface area contributed by atoms with E-state index in [1.807, 2.05) is 41.8 Å². The quantitative estimate of drug-likeness (QED) is 0.601. The van der Waals surface area contributed by atoms with Crippen LogP contribution in [0.3, 0.4) is 0 Å². The van der Waals surface area contributed by atoms with Gasteiger partial charge in [-0.15, -0.1) is 11.3 Å². The number of thiophene rings is 1. The Labute approximate surface area is 155 Å². The number of hydrogen-bond donors (Lipinski definition) is 0. The molecule has 1 aromatic carbocycles. The smallest absolute Gasteiger partial charge is 0.278 e. The summed E-state index contributed by atoms with van der Waals surface area (Å²) in [6, 6.07) is 13.0. The van der Waals surface area contributed by atoms with E-state index in [0.29, 0.717) is 0 Å². The summed E-state index contributed by atoms with van der Waals surface area (Å²) < 4.78 is 0. The van der Waals surface area contributed by atoms with Gasteiger partial charge in [0.25, 0.3) is 0 Å². The molecule has 2 fully saturated rings. The zero-order chi connectivity index (χ0) is 18.1. The fraction of sp³-hybridized carbons (Fsp3) is 0.316. The van der Waals surface area contributed by atoms with Gasteiger partial charge in [0.05, 0.1) is 13.2 Å². The van der Waals surface area contributed by atoms with E-state index >= 15 is 0 Å². The fourth-order valence-electron chi connectivity index (χ4n) is 3.56. The highest BCUT2D eigenvalue weighted by Gasteiger charge is 2.45. The first-order chi connectivity index (χ1) is 12.6. The van der Waals surface area contributed by atoms with Gasteiger partial charge in [-0.25, -0.2) is 9.69 Å². The molecule has 2 aliphatic rings. The molecular weight excluding hydrogens is 350 g/mol. The molecule has 2 aromatic rings. The third kappa shape index (κ3) is 3.04. The summed E-state index contributed by atoms with van der Waals surface area (Å²) in [6.45, 7) is 1.10. The minimum atomic E-state index is -0.745. The summed E-state index contributed by atoms with van der Waals surface area (Å²) in [5, 5.41) is 2.03. The van der Waals surface area contributed by atoms with Crippen LogP contribution in [0.1, 0.15) is 29.3 Å². The second-order valence-corrected chi connectivity index (χ2v) is 7.50. The number of urea groups is 1. The minimum Gasteiger partial charge on any atom is -0.278 e. The lowest BCUT2D eigenvalue weighted by molar-refractivity contribution is -0.144. The molecule has 2 aliphatic heterocycles. The monoisotopic (exact) mass is 369 g/mol. The fourth-order valence-corrected chi connectivity index (χ4v) is 4.46. The van der Waals surface area contributed by atoms with E-state index in [4.69, 9.17) is 0 Å². The van der Waals surface area contributed by atoms with E-state index in [2.05, 4.69) is 11.0 Å². The molecule has 4 amide bonds. The van der Waals surface area contributed by atoms with Crippen molar-refractivity contribution in [3.05, 3.63) is 58.3 Å². The second-order valence-electron chi connectivity index (χ2n) is 6.52. The van der Waals surface area contributed by atoms with Crippen LogP contribution in [0.15, 0.2) is 47.8 Å². The summed E-state index contributed by atoms with van der Waals surface area (Å²) in [7, 11) is 0. The Morgan fingerprint density at radius 1 is 0.962 bits per heavy atom. The van der Waals surface area contributed by atoms with Crippen molar-refractivity contribution in [1.82, 2.24) is 14.7 Å². The molecule has 0 spiro atoms. The molecular formula is C19H19N3O3S. The molecule has 0 aliphatic carbocycles. The summed E-state index contributed by atoms with van der Waals surface area (Å²) >= 11 is 1.68. The number of carbonyl (C=O) groups excluding carboxylic acids is 3. The predicted molar refractivity (Wildman–Crippen MR) is 97.1 cm³/mol. The van der Waals surface area contributed by atoms with E-state index in [1.165, 1.54) is 4.88 Å². The average Bonchev–Trinajstić information content (AvgIpc) is 3.37. The van der Waals surface area contributed by atoms with Gasteiger partial charge in [-0.05, 0) is 29.9 Å². The van der Waals surface area contributed by atoms with Crippen molar-refractivity contribution < 1.29 is 14.4 Å². The van der Waals surface area contributed by atoms with E-state index < -0.39 is 17.8 Å². The van der Waals surface area contributed by atoms with E-state index in [1.54, 1.807) is 11.3 Å². The highest BCUT2D eigenvalue weighted by atomic mass is 32.1. The topological polar surface area (TPSA) is 60.9 Å². The van der Waals surface area contributed by atoms with Crippen molar-refractivity contribution >= 4 is 29.2 Å². The molecule has 134 valence electrons. The van der Waals surface area contributed by atoms with Crippen LogP contribution in [0, 0.1) is 0 Å². The van der Waals surface area contributed by atoms with Gasteiger partial charge in [0.2, 0.25) is 0 Å². The van der Waals surface area contributed by atoms with Gasteiger partial charge in [0.1, 0.15) is 0 Å². The van der Waals surface area contributed by atoms with Gasteiger partial charge < -0.3 is 0 Å². The molecule has 0 N–H and O–H groups in total. The maximum Gasteiger partial charge on any atom is 0.335 e. The molecule has 0 saturated carbocycles. The average molecular weight is 369 g/mol. The lowest BCUT2D eigenvalue weighted by Gasteiger charge is -2.27. The number of hydrogen-bond acceptors (Lipinski definition) is 5. The normalized spacial score (nSPS) is 21.2. The van der Waals surface area contributed by atoms with Gasteiger partial charge in [-0.1, -0.05) is 36.4 Å². The van der Waals surface area contributed by atoms with Gasteiger partial charge in [0.15, 0.2) is 0 Å². The highest BCUT2D eigenvalue weighted by molar-refractivity contribution is 7.10. The molecule has 6 nitrogen and oxygen atoms in total. The van der Waals surface area contributed by atoms with Crippen molar-refractivity contribution in [3.63, 3.8) is 0 Å². The van der Waals surface area contributed by atoms with Crippen molar-refractivity contribution in [2.45, 2.75) is 25.4 Å². The minimum absolute atomic E-state index is 0.120. The Balaban J connectivity index is 1.49. The van der Waals surface area contributed by atoms with Crippen molar-refractivity contribution in [3.8, 4) is 0 Å². The van der Waals surface area contributed by atoms with Crippen LogP contribution in [0.25, 0.3) is 0 Å². The Kier molecular flexibility index (Phi) is 4.57. The van der Waals surface area contributed by atoms with Crippen LogP contribution in [0.4, 0.5) is 4.79 Å². The zero-order valence-electron chi connectivity index (χ0n) is 14.2. The van der Waals surface area contributed by atoms with Crippen LogP contribution in [-0.2, 0) is 16.1 Å². The van der Waals surface area contributed by atoms with Gasteiger partial charge in [-0.2, -0.15) is 0 Å². The van der Waals surface area contributed by atoms with Gasteiger partial charge in [-0.3, -0.25) is 19.4 Å². The third-order valence-electron chi connectivity index (χ3n) is 4.88. The number of amides is 4. The number of carbonyl (C=O) groups is 3. The SMILES string of the molecule is O=C1C(=O)N(CN2CCC[C@H]2c2cccs2)C(=O)N1Cc1ccccc1. The maximum atomic E-state index is 12.7. The number of nitrogens with zero attached hydrogens (tertiary/aromatic N) is 3. The summed E-state index contributed by atoms with van der Waals surface area (Å²) in [5.41, 5.74) is 0.821. The van der Waals surface area contributed by atoms with E-state index in [-0.39, 0.29) is 19.3 Å². The standard InChI is InChI=1S/C19H19N3O3S/c23-17-18(24)22(19(25)21(17)12-14-6-2-1-3-7-14)13-20-10-4-8-15(20)16-9-5-11-26-16/h1-3,5-7,9,11,15H,4,8,10,12-13H2/t15-/m0/s1. The number of rotatable bonds is 5. The number of benzene rings is 1. The first kappa shape index (κ1) is 16.9. The molecule has 3 heterocycles. The van der Waals surface area contributed by atoms with Gasteiger partial charge >= 0.3 is 17.8 Å². The highest BCUT2D eigenvalue weighted by Crippen LogP contribution is 2.35. The first-order valence-corrected chi connectivity index (χ1v) is 9.52. The van der Waals surface area contributed by atoms with Crippen molar-refractivity contribution in [2.75, 3.05) is 13.2 Å². The molecule has 0 unspecified atom stereocenters. The Bertz CT molecular complexity index is 822. The van der Waals surface area contributed by atoms with Gasteiger partial charge in [0, 0.05) is 17.5 Å². The second kappa shape index (κ2) is 7.01. The van der Waals surface area contributed by atoms with Crippen LogP contribution in [0.5, 0.6) is 0 Å². The largest absolute Gasteiger partial charge is 0.335 e. The number of imide groups is 2. The van der Waals surface area contributed by atoms with Crippen LogP contribution in [0.2, 0.25) is 0 Å². The number of likely N-dealkylation sites (tertiary alicyclic amines) is 1. The summed E-state index contributed by atoms with van der Waals surface area (Å²) in [5.74, 6) is -1.48. The molecule has 26 heavy (non-hydrogen) atoms. The van der Waals surface area contributed by atoms with E-state index in [9.17, 15) is 14.4 Å². The molecule has 1 atom stereocenters. The van der Waals surface area contributed by atoms with Crippen molar-refractivity contribution in [2.24, 2.45) is 0 Å². The lowest BCUT2D eigenvalue weighted by Crippen LogP contribution is -2.41. The molecule has 0 bridgehead atoms. The Hall–Kier alpha value is -2.51. The predicted octanol–water partition coefficient (Wildman–Crippen LogP) is 2.83. The molecule has 4 rings (SSSR count). The van der Waals surface area contributed by atoms with Crippen LogP contribution in [-0.4, -0.2) is 45.8 Å². The van der Waals surface area contributed by atoms with Crippen LogP contribution < -0.4 is 0 Å². The Morgan fingerprint density at radius 3 is 2.46 bits per heavy atom. The third-order valence-corrected chi connectivity index (χ3v) is 5.85. The van der Waals surface area contributed by atoms with E-state index in [0.717, 1.165) is 34.7 Å². The zero-order valence-corrected chi connectivity index (χ0v) is 15.0. The first-order valence-electron chi connectivity index (χ1n) is 8.64.